The molecular formula is C19H22O6. The summed E-state index contributed by atoms with van der Waals surface area (Å²) in [5.74, 6) is 0.819. The predicted octanol–water partition coefficient (Wildman–Crippen LogP) is 2.64. The van der Waals surface area contributed by atoms with Gasteiger partial charge in [-0.1, -0.05) is 6.58 Å². The van der Waals surface area contributed by atoms with Crippen LogP contribution in [0.25, 0.3) is 6.08 Å². The molecular weight excluding hydrogens is 324 g/mol. The molecule has 25 heavy (non-hydrogen) atoms. The van der Waals surface area contributed by atoms with Crippen LogP contribution in [0.3, 0.4) is 0 Å². The number of methoxy groups -OCH3 is 1. The number of esters is 1. The van der Waals surface area contributed by atoms with Gasteiger partial charge in [-0.3, -0.25) is 4.79 Å². The first-order chi connectivity index (χ1) is 11.9. The average molecular weight is 346 g/mol. The van der Waals surface area contributed by atoms with Crippen LogP contribution in [0.15, 0.2) is 33.0 Å². The molecule has 1 fully saturated rings. The molecule has 1 aliphatic heterocycles. The summed E-state index contributed by atoms with van der Waals surface area (Å²) >= 11 is 0. The van der Waals surface area contributed by atoms with Crippen molar-refractivity contribution >= 4 is 12.0 Å². The Bertz CT molecular complexity index is 788. The Balaban J connectivity index is 1.86. The van der Waals surface area contributed by atoms with Crippen molar-refractivity contribution in [1.29, 1.82) is 0 Å². The zero-order valence-corrected chi connectivity index (χ0v) is 14.7. The number of ether oxygens (including phenoxy) is 3. The van der Waals surface area contributed by atoms with Crippen molar-refractivity contribution in [3.63, 3.8) is 0 Å². The van der Waals surface area contributed by atoms with Gasteiger partial charge in [0.25, 0.3) is 0 Å². The van der Waals surface area contributed by atoms with Crippen molar-refractivity contribution in [3.05, 3.63) is 45.5 Å². The molecule has 1 unspecified atom stereocenters. The van der Waals surface area contributed by atoms with Crippen LogP contribution in [0.2, 0.25) is 0 Å². The first kappa shape index (κ1) is 17.5. The highest BCUT2D eigenvalue weighted by atomic mass is 16.5. The van der Waals surface area contributed by atoms with Crippen LogP contribution in [-0.2, 0) is 14.3 Å². The van der Waals surface area contributed by atoms with Gasteiger partial charge in [0.1, 0.15) is 29.8 Å². The van der Waals surface area contributed by atoms with Crippen molar-refractivity contribution in [2.24, 2.45) is 5.92 Å². The molecule has 1 aliphatic carbocycles. The zero-order chi connectivity index (χ0) is 18.1. The van der Waals surface area contributed by atoms with Crippen LogP contribution in [0, 0.1) is 12.8 Å². The van der Waals surface area contributed by atoms with E-state index in [1.54, 1.807) is 20.1 Å². The van der Waals surface area contributed by atoms with E-state index < -0.39 is 5.63 Å². The lowest BCUT2D eigenvalue weighted by Gasteiger charge is -2.39. The van der Waals surface area contributed by atoms with Crippen LogP contribution in [0.4, 0.5) is 0 Å². The minimum Gasteiger partial charge on any atom is -0.485 e. The van der Waals surface area contributed by atoms with Gasteiger partial charge in [0.15, 0.2) is 0 Å². The minimum absolute atomic E-state index is 0.106. The quantitative estimate of drug-likeness (QED) is 0.616. The van der Waals surface area contributed by atoms with Crippen molar-refractivity contribution < 1.29 is 23.4 Å². The maximum Gasteiger partial charge on any atom is 0.346 e. The third-order valence-electron chi connectivity index (χ3n) is 4.72. The van der Waals surface area contributed by atoms with Gasteiger partial charge >= 0.3 is 11.6 Å². The third kappa shape index (κ3) is 3.54. The number of carbonyl (C=O) groups is 1. The molecule has 1 aromatic rings. The van der Waals surface area contributed by atoms with E-state index in [-0.39, 0.29) is 30.7 Å². The van der Waals surface area contributed by atoms with Crippen molar-refractivity contribution in [2.75, 3.05) is 13.7 Å². The molecule has 0 bridgehead atoms. The smallest absolute Gasteiger partial charge is 0.346 e. The van der Waals surface area contributed by atoms with Crippen LogP contribution in [-0.4, -0.2) is 31.9 Å². The summed E-state index contributed by atoms with van der Waals surface area (Å²) < 4.78 is 21.9. The van der Waals surface area contributed by atoms with Crippen LogP contribution in [0.1, 0.15) is 31.1 Å². The summed E-state index contributed by atoms with van der Waals surface area (Å²) in [6.07, 6.45) is 2.84. The Morgan fingerprint density at radius 2 is 2.16 bits per heavy atom. The molecule has 1 aromatic heterocycles. The average Bonchev–Trinajstić information content (AvgIpc) is 2.56. The topological polar surface area (TPSA) is 75.0 Å². The van der Waals surface area contributed by atoms with Crippen molar-refractivity contribution in [3.8, 4) is 5.75 Å². The third-order valence-corrected chi connectivity index (χ3v) is 4.72. The highest BCUT2D eigenvalue weighted by Crippen LogP contribution is 2.41. The number of fused-ring (bicyclic) bond motifs is 2. The first-order valence-corrected chi connectivity index (χ1v) is 8.25. The molecule has 0 amide bonds. The normalized spacial score (nSPS) is 24.4. The number of hydrogen-bond acceptors (Lipinski definition) is 6. The Morgan fingerprint density at radius 1 is 1.40 bits per heavy atom. The molecule has 2 aliphatic rings. The summed E-state index contributed by atoms with van der Waals surface area (Å²) in [6, 6.07) is 1.73. The number of rotatable bonds is 4. The predicted molar refractivity (Wildman–Crippen MR) is 91.4 cm³/mol. The molecule has 0 N–H and O–H groups in total. The summed E-state index contributed by atoms with van der Waals surface area (Å²) in [7, 11) is 1.63. The second-order valence-electron chi connectivity index (χ2n) is 6.50. The summed E-state index contributed by atoms with van der Waals surface area (Å²) in [5, 5.41) is 0. The molecule has 2 heterocycles. The second kappa shape index (κ2) is 6.88. The van der Waals surface area contributed by atoms with E-state index in [0.717, 1.165) is 11.1 Å². The van der Waals surface area contributed by atoms with E-state index in [9.17, 15) is 9.59 Å². The summed E-state index contributed by atoms with van der Waals surface area (Å²) in [4.78, 5) is 23.1. The maximum absolute atomic E-state index is 12.1. The molecule has 1 saturated carbocycles. The standard InChI is InChI=1S/C19H22O6/c1-10(9-23-12(3)20)13-6-16(22-4)14-8-15-17(25-18(14)7-13)5-11(2)24-19(15)21/h5,8,13,16,18H,1,6-7,9H2,2-4H3/t13?,16-,18+/m1/s1. The van der Waals surface area contributed by atoms with E-state index in [0.29, 0.717) is 29.9 Å². The number of carbonyl (C=O) groups excluding carboxylic acids is 1. The molecule has 6 nitrogen and oxygen atoms in total. The Kier molecular flexibility index (Phi) is 4.81. The molecule has 0 radical (unpaired) electrons. The largest absolute Gasteiger partial charge is 0.485 e. The highest BCUT2D eigenvalue weighted by molar-refractivity contribution is 5.66. The Morgan fingerprint density at radius 3 is 2.84 bits per heavy atom. The Labute approximate surface area is 146 Å². The van der Waals surface area contributed by atoms with E-state index in [1.807, 2.05) is 6.08 Å². The summed E-state index contributed by atoms with van der Waals surface area (Å²) in [6.45, 7) is 7.34. The van der Waals surface area contributed by atoms with Gasteiger partial charge in [0.05, 0.1) is 6.10 Å². The maximum atomic E-state index is 12.1. The van der Waals surface area contributed by atoms with E-state index in [2.05, 4.69) is 6.58 Å². The molecule has 6 heteroatoms. The molecule has 134 valence electrons. The van der Waals surface area contributed by atoms with E-state index in [1.165, 1.54) is 6.92 Å². The van der Waals surface area contributed by atoms with Gasteiger partial charge in [-0.2, -0.15) is 0 Å². The fourth-order valence-corrected chi connectivity index (χ4v) is 3.41. The summed E-state index contributed by atoms with van der Waals surface area (Å²) in [5.41, 5.74) is 1.80. The Hall–Kier alpha value is -2.34. The fraction of sp³-hybridized carbons (Fsp3) is 0.474. The lowest BCUT2D eigenvalue weighted by molar-refractivity contribution is -0.140. The molecule has 3 rings (SSSR count). The van der Waals surface area contributed by atoms with E-state index in [4.69, 9.17) is 18.6 Å². The molecule has 0 spiro atoms. The number of hydrogen-bond donors (Lipinski definition) is 0. The van der Waals surface area contributed by atoms with Crippen LogP contribution in [0.5, 0.6) is 5.75 Å². The zero-order valence-electron chi connectivity index (χ0n) is 14.7. The lowest BCUT2D eigenvalue weighted by Crippen LogP contribution is -2.40. The second-order valence-corrected chi connectivity index (χ2v) is 6.50. The van der Waals surface area contributed by atoms with Crippen LogP contribution >= 0.6 is 0 Å². The van der Waals surface area contributed by atoms with Gasteiger partial charge in [-0.15, -0.1) is 0 Å². The van der Waals surface area contributed by atoms with Gasteiger partial charge in [0, 0.05) is 20.1 Å². The highest BCUT2D eigenvalue weighted by Gasteiger charge is 2.38. The fourth-order valence-electron chi connectivity index (χ4n) is 3.41. The molecule has 0 saturated heterocycles. The molecule has 0 aromatic carbocycles. The van der Waals surface area contributed by atoms with Gasteiger partial charge < -0.3 is 18.6 Å². The monoisotopic (exact) mass is 346 g/mol. The SMILES string of the molecule is C=C(COC(C)=O)C1C[C@@H]2Oc3cc(C)oc(=O)c3C=C2[C@H](OC)C1. The van der Waals surface area contributed by atoms with Gasteiger partial charge in [-0.25, -0.2) is 4.79 Å². The minimum atomic E-state index is -0.405. The van der Waals surface area contributed by atoms with Crippen LogP contribution < -0.4 is 10.4 Å². The van der Waals surface area contributed by atoms with Gasteiger partial charge in [-0.05, 0) is 42.9 Å². The van der Waals surface area contributed by atoms with Crippen molar-refractivity contribution in [2.45, 2.75) is 38.9 Å². The van der Waals surface area contributed by atoms with Gasteiger partial charge in [0.2, 0.25) is 0 Å². The lowest BCUT2D eigenvalue weighted by atomic mass is 9.77. The number of aryl methyl sites for hydroxylation is 1. The first-order valence-electron chi connectivity index (χ1n) is 8.25. The molecule has 3 atom stereocenters. The van der Waals surface area contributed by atoms with Crippen molar-refractivity contribution in [1.82, 2.24) is 0 Å². The van der Waals surface area contributed by atoms with E-state index >= 15 is 0 Å².